The molecule has 90 valence electrons. The van der Waals surface area contributed by atoms with Gasteiger partial charge < -0.3 is 10.3 Å². The molecule has 2 heterocycles. The quantitative estimate of drug-likeness (QED) is 0.906. The molecule has 17 heavy (non-hydrogen) atoms. The summed E-state index contributed by atoms with van der Waals surface area (Å²) in [7, 11) is 0. The van der Waals surface area contributed by atoms with Crippen molar-refractivity contribution < 1.29 is 0 Å². The Balaban J connectivity index is 2.50. The van der Waals surface area contributed by atoms with Crippen molar-refractivity contribution in [2.24, 2.45) is 5.73 Å². The van der Waals surface area contributed by atoms with Gasteiger partial charge in [-0.05, 0) is 37.4 Å². The Kier molecular flexibility index (Phi) is 3.45. The molecule has 1 unspecified atom stereocenters. The smallest absolute Gasteiger partial charge is 0.255 e. The van der Waals surface area contributed by atoms with Gasteiger partial charge in [-0.2, -0.15) is 0 Å². The minimum atomic E-state index is -0.319. The third-order valence-electron chi connectivity index (χ3n) is 2.92. The largest absolute Gasteiger partial charge is 0.319 e. The van der Waals surface area contributed by atoms with Crippen molar-refractivity contribution in [1.82, 2.24) is 4.57 Å². The van der Waals surface area contributed by atoms with Crippen LogP contribution in [0.25, 0.3) is 0 Å². The number of rotatable bonds is 3. The van der Waals surface area contributed by atoms with E-state index in [0.717, 1.165) is 10.6 Å². The maximum atomic E-state index is 12.2. The van der Waals surface area contributed by atoms with Crippen molar-refractivity contribution in [1.29, 1.82) is 0 Å². The van der Waals surface area contributed by atoms with Gasteiger partial charge in [0.15, 0.2) is 0 Å². The third-order valence-corrected chi connectivity index (χ3v) is 3.88. The molecule has 0 spiro atoms. The molecule has 2 aromatic heterocycles. The number of nitrogens with two attached hydrogens (primary N) is 1. The molecular formula is C13H16N2OS. The van der Waals surface area contributed by atoms with E-state index in [1.165, 1.54) is 0 Å². The van der Waals surface area contributed by atoms with E-state index in [2.05, 4.69) is 0 Å². The highest BCUT2D eigenvalue weighted by Gasteiger charge is 2.15. The summed E-state index contributed by atoms with van der Waals surface area (Å²) in [6.07, 6.45) is 0. The van der Waals surface area contributed by atoms with Crippen LogP contribution in [-0.4, -0.2) is 4.57 Å². The zero-order valence-electron chi connectivity index (χ0n) is 10.0. The Morgan fingerprint density at radius 3 is 2.76 bits per heavy atom. The molecule has 0 aromatic carbocycles. The Bertz CT molecular complexity index is 557. The predicted octanol–water partition coefficient (Wildman–Crippen LogP) is 2.29. The van der Waals surface area contributed by atoms with Gasteiger partial charge in [0, 0.05) is 22.7 Å². The molecule has 0 saturated heterocycles. The molecule has 2 rings (SSSR count). The fourth-order valence-electron chi connectivity index (χ4n) is 1.94. The highest BCUT2D eigenvalue weighted by molar-refractivity contribution is 7.10. The molecule has 0 amide bonds. The van der Waals surface area contributed by atoms with E-state index in [0.29, 0.717) is 12.1 Å². The number of pyridine rings is 1. The lowest BCUT2D eigenvalue weighted by atomic mass is 10.1. The lowest BCUT2D eigenvalue weighted by molar-refractivity contribution is 0.680. The maximum Gasteiger partial charge on any atom is 0.255 e. The maximum absolute atomic E-state index is 12.2. The standard InChI is InChI=1S/C13H16N2OS/c1-3-15-9(2)6-7-10(13(15)16)12(14)11-5-4-8-17-11/h4-8,12H,3,14H2,1-2H3. The monoisotopic (exact) mass is 248 g/mol. The number of nitrogens with zero attached hydrogens (tertiary/aromatic N) is 1. The van der Waals surface area contributed by atoms with Gasteiger partial charge >= 0.3 is 0 Å². The zero-order chi connectivity index (χ0) is 12.4. The minimum Gasteiger partial charge on any atom is -0.319 e. The molecule has 0 fully saturated rings. The Morgan fingerprint density at radius 2 is 2.18 bits per heavy atom. The summed E-state index contributed by atoms with van der Waals surface area (Å²) >= 11 is 1.58. The van der Waals surface area contributed by atoms with Crippen LogP contribution in [0.3, 0.4) is 0 Å². The van der Waals surface area contributed by atoms with Gasteiger partial charge in [0.1, 0.15) is 0 Å². The van der Waals surface area contributed by atoms with E-state index in [1.807, 2.05) is 43.5 Å². The van der Waals surface area contributed by atoms with Crippen molar-refractivity contribution in [3.05, 3.63) is 56.1 Å². The van der Waals surface area contributed by atoms with Crippen molar-refractivity contribution in [3.8, 4) is 0 Å². The number of hydrogen-bond donors (Lipinski definition) is 1. The number of thiophene rings is 1. The van der Waals surface area contributed by atoms with Gasteiger partial charge in [-0.25, -0.2) is 0 Å². The number of aromatic nitrogens is 1. The molecule has 0 aliphatic carbocycles. The summed E-state index contributed by atoms with van der Waals surface area (Å²) in [6, 6.07) is 7.39. The van der Waals surface area contributed by atoms with Crippen molar-refractivity contribution in [2.45, 2.75) is 26.4 Å². The molecule has 0 saturated carbocycles. The lowest BCUT2D eigenvalue weighted by Crippen LogP contribution is -2.29. The SMILES string of the molecule is CCn1c(C)ccc(C(N)c2cccs2)c1=O. The van der Waals surface area contributed by atoms with E-state index in [4.69, 9.17) is 5.73 Å². The molecule has 2 aromatic rings. The van der Waals surface area contributed by atoms with Crippen LogP contribution in [-0.2, 0) is 6.54 Å². The molecule has 2 N–H and O–H groups in total. The summed E-state index contributed by atoms with van der Waals surface area (Å²) in [5.74, 6) is 0. The topological polar surface area (TPSA) is 48.0 Å². The highest BCUT2D eigenvalue weighted by atomic mass is 32.1. The van der Waals surface area contributed by atoms with Gasteiger partial charge in [0.2, 0.25) is 0 Å². The van der Waals surface area contributed by atoms with Crippen LogP contribution in [0.15, 0.2) is 34.4 Å². The van der Waals surface area contributed by atoms with Gasteiger partial charge in [0.05, 0.1) is 6.04 Å². The second-order valence-electron chi connectivity index (χ2n) is 3.97. The average Bonchev–Trinajstić information content (AvgIpc) is 2.82. The van der Waals surface area contributed by atoms with Gasteiger partial charge in [0.25, 0.3) is 5.56 Å². The summed E-state index contributed by atoms with van der Waals surface area (Å²) in [4.78, 5) is 13.3. The fourth-order valence-corrected chi connectivity index (χ4v) is 2.68. The molecule has 0 radical (unpaired) electrons. The number of aryl methyl sites for hydroxylation is 1. The van der Waals surface area contributed by atoms with Gasteiger partial charge in [-0.1, -0.05) is 6.07 Å². The Hall–Kier alpha value is -1.39. The van der Waals surface area contributed by atoms with Crippen molar-refractivity contribution in [3.63, 3.8) is 0 Å². The molecule has 0 aliphatic heterocycles. The first-order valence-corrected chi connectivity index (χ1v) is 6.52. The van der Waals surface area contributed by atoms with Crippen molar-refractivity contribution in [2.75, 3.05) is 0 Å². The first-order chi connectivity index (χ1) is 8.15. The summed E-state index contributed by atoms with van der Waals surface area (Å²) in [5.41, 5.74) is 7.79. The molecule has 4 heteroatoms. The van der Waals surface area contributed by atoms with E-state index in [-0.39, 0.29) is 11.6 Å². The van der Waals surface area contributed by atoms with Crippen LogP contribution < -0.4 is 11.3 Å². The Morgan fingerprint density at radius 1 is 1.41 bits per heavy atom. The van der Waals surface area contributed by atoms with Gasteiger partial charge in [-0.15, -0.1) is 11.3 Å². The van der Waals surface area contributed by atoms with Crippen LogP contribution >= 0.6 is 11.3 Å². The summed E-state index contributed by atoms with van der Waals surface area (Å²) < 4.78 is 1.75. The molecular weight excluding hydrogens is 232 g/mol. The van der Waals surface area contributed by atoms with Crippen molar-refractivity contribution >= 4 is 11.3 Å². The molecule has 3 nitrogen and oxygen atoms in total. The highest BCUT2D eigenvalue weighted by Crippen LogP contribution is 2.21. The second-order valence-corrected chi connectivity index (χ2v) is 4.95. The van der Waals surface area contributed by atoms with E-state index < -0.39 is 0 Å². The van der Waals surface area contributed by atoms with Crippen LogP contribution in [0.4, 0.5) is 0 Å². The number of hydrogen-bond acceptors (Lipinski definition) is 3. The van der Waals surface area contributed by atoms with Crippen LogP contribution in [0.1, 0.15) is 29.1 Å². The normalized spacial score (nSPS) is 12.6. The first-order valence-electron chi connectivity index (χ1n) is 5.64. The fraction of sp³-hybridized carbons (Fsp3) is 0.308. The van der Waals surface area contributed by atoms with Crippen LogP contribution in [0, 0.1) is 6.92 Å². The lowest BCUT2D eigenvalue weighted by Gasteiger charge is -2.13. The second kappa shape index (κ2) is 4.85. The van der Waals surface area contributed by atoms with Crippen LogP contribution in [0.5, 0.6) is 0 Å². The zero-order valence-corrected chi connectivity index (χ0v) is 10.8. The molecule has 0 aliphatic rings. The molecule has 1 atom stereocenters. The summed E-state index contributed by atoms with van der Waals surface area (Å²) in [6.45, 7) is 4.58. The molecule has 0 bridgehead atoms. The van der Waals surface area contributed by atoms with E-state index in [1.54, 1.807) is 15.9 Å². The van der Waals surface area contributed by atoms with E-state index >= 15 is 0 Å². The van der Waals surface area contributed by atoms with E-state index in [9.17, 15) is 4.79 Å². The Labute approximate surface area is 105 Å². The minimum absolute atomic E-state index is 0.0217. The summed E-state index contributed by atoms with van der Waals surface area (Å²) in [5, 5.41) is 1.97. The van der Waals surface area contributed by atoms with Gasteiger partial charge in [-0.3, -0.25) is 4.79 Å². The average molecular weight is 248 g/mol. The first kappa shape index (κ1) is 12.1. The third kappa shape index (κ3) is 2.18. The van der Waals surface area contributed by atoms with Crippen LogP contribution in [0.2, 0.25) is 0 Å². The predicted molar refractivity (Wildman–Crippen MR) is 71.5 cm³/mol.